The molecule has 1 amide bonds. The first kappa shape index (κ1) is 21.4. The number of pyridine rings is 1. The molecule has 2 N–H and O–H groups in total. The maximum absolute atomic E-state index is 12.6. The molecule has 1 atom stereocenters. The summed E-state index contributed by atoms with van der Waals surface area (Å²) in [6, 6.07) is 15.2. The maximum Gasteiger partial charge on any atom is 0.272 e. The van der Waals surface area contributed by atoms with Crippen LogP contribution in [0.4, 0.5) is 5.82 Å². The monoisotopic (exact) mass is 461 g/mol. The number of morpholine rings is 1. The lowest BCUT2D eigenvalue weighted by molar-refractivity contribution is 0.0299. The minimum Gasteiger partial charge on any atom is -0.394 e. The van der Waals surface area contributed by atoms with E-state index in [1.165, 1.54) is 6.33 Å². The lowest BCUT2D eigenvalue weighted by Crippen LogP contribution is -2.41. The van der Waals surface area contributed by atoms with E-state index in [9.17, 15) is 9.90 Å². The van der Waals surface area contributed by atoms with E-state index in [-0.39, 0.29) is 18.6 Å². The summed E-state index contributed by atoms with van der Waals surface area (Å²) in [7, 11) is 0. The Morgan fingerprint density at radius 2 is 1.94 bits per heavy atom. The van der Waals surface area contributed by atoms with Crippen LogP contribution < -0.4 is 5.32 Å². The molecule has 168 valence electrons. The van der Waals surface area contributed by atoms with Gasteiger partial charge < -0.3 is 20.1 Å². The Kier molecular flexibility index (Phi) is 6.25. The number of carbonyl (C=O) groups excluding carboxylic acids is 1. The fourth-order valence-electron chi connectivity index (χ4n) is 3.78. The van der Waals surface area contributed by atoms with Gasteiger partial charge in [-0.3, -0.25) is 9.78 Å². The number of hydrogen-bond acceptors (Lipinski definition) is 8. The fourth-order valence-corrected chi connectivity index (χ4v) is 4.83. The second-order valence-corrected chi connectivity index (χ2v) is 8.73. The predicted molar refractivity (Wildman–Crippen MR) is 127 cm³/mol. The minimum absolute atomic E-state index is 0.0592. The Labute approximate surface area is 194 Å². The number of carbonyl (C=O) groups is 1. The average molecular weight is 462 g/mol. The van der Waals surface area contributed by atoms with Gasteiger partial charge in [-0.1, -0.05) is 30.3 Å². The van der Waals surface area contributed by atoms with Gasteiger partial charge in [-0.15, -0.1) is 11.3 Å². The predicted octanol–water partition coefficient (Wildman–Crippen LogP) is 3.37. The van der Waals surface area contributed by atoms with Crippen LogP contribution in [0.5, 0.6) is 0 Å². The maximum atomic E-state index is 12.6. The van der Waals surface area contributed by atoms with Crippen LogP contribution in [0.25, 0.3) is 20.7 Å². The average Bonchev–Trinajstić information content (AvgIpc) is 3.33. The summed E-state index contributed by atoms with van der Waals surface area (Å²) in [6.45, 7) is 2.24. The molecule has 1 aliphatic heterocycles. The first-order valence-electron chi connectivity index (χ1n) is 10.7. The SMILES string of the molecule is O=C(c1ccc(-c2cc3ncnc(N[C@H](CO)c4ccccc4)c3s2)cn1)N1CCOCC1. The Hall–Kier alpha value is -3.40. The van der Waals surface area contributed by atoms with Crippen LogP contribution in [-0.4, -0.2) is 63.8 Å². The molecule has 1 fully saturated rings. The van der Waals surface area contributed by atoms with Crippen LogP contribution in [0, 0.1) is 0 Å². The van der Waals surface area contributed by atoms with Crippen molar-refractivity contribution in [3.8, 4) is 10.4 Å². The molecule has 33 heavy (non-hydrogen) atoms. The van der Waals surface area contributed by atoms with E-state index in [1.807, 2.05) is 42.5 Å². The lowest BCUT2D eigenvalue weighted by Gasteiger charge is -2.26. The molecule has 9 heteroatoms. The van der Waals surface area contributed by atoms with Crippen molar-refractivity contribution in [2.24, 2.45) is 0 Å². The number of nitrogens with one attached hydrogen (secondary N) is 1. The third-order valence-electron chi connectivity index (χ3n) is 5.57. The topological polar surface area (TPSA) is 100 Å². The molecule has 1 saturated heterocycles. The number of aliphatic hydroxyl groups excluding tert-OH is 1. The number of rotatable bonds is 6. The summed E-state index contributed by atoms with van der Waals surface area (Å²) in [4.78, 5) is 28.6. The number of ether oxygens (including phenoxy) is 1. The molecule has 0 radical (unpaired) electrons. The normalized spacial score (nSPS) is 14.9. The highest BCUT2D eigenvalue weighted by Gasteiger charge is 2.20. The van der Waals surface area contributed by atoms with Crippen LogP contribution in [0.2, 0.25) is 0 Å². The van der Waals surface area contributed by atoms with Gasteiger partial charge in [-0.25, -0.2) is 9.97 Å². The standard InChI is InChI=1S/C24H23N5O3S/c30-14-20(16-4-2-1-3-5-16)28-23-22-19(26-15-27-23)12-21(33-22)17-6-7-18(25-13-17)24(31)29-8-10-32-11-9-29/h1-7,12-13,15,20,30H,8-11,14H2,(H,26,27,28)/t20-/m1/s1. The molecule has 8 nitrogen and oxygen atoms in total. The molecular formula is C24H23N5O3S. The van der Waals surface area contributed by atoms with Gasteiger partial charge in [0.1, 0.15) is 17.8 Å². The third-order valence-corrected chi connectivity index (χ3v) is 6.75. The van der Waals surface area contributed by atoms with E-state index < -0.39 is 0 Å². The van der Waals surface area contributed by atoms with Gasteiger partial charge in [0, 0.05) is 29.7 Å². The Bertz CT molecular complexity index is 1240. The molecule has 4 aromatic rings. The van der Waals surface area contributed by atoms with E-state index in [0.29, 0.717) is 37.8 Å². The molecule has 4 heterocycles. The van der Waals surface area contributed by atoms with Crippen molar-refractivity contribution >= 4 is 33.3 Å². The third kappa shape index (κ3) is 4.56. The highest BCUT2D eigenvalue weighted by atomic mass is 32.1. The number of benzene rings is 1. The molecule has 0 saturated carbocycles. The number of fused-ring (bicyclic) bond motifs is 1. The number of aromatic nitrogens is 3. The Morgan fingerprint density at radius 1 is 1.12 bits per heavy atom. The molecule has 0 unspecified atom stereocenters. The van der Waals surface area contributed by atoms with Crippen molar-refractivity contribution in [2.45, 2.75) is 6.04 Å². The number of hydrogen-bond donors (Lipinski definition) is 2. The van der Waals surface area contributed by atoms with Gasteiger partial charge >= 0.3 is 0 Å². The van der Waals surface area contributed by atoms with Gasteiger partial charge in [-0.2, -0.15) is 0 Å². The van der Waals surface area contributed by atoms with Gasteiger partial charge in [0.25, 0.3) is 5.91 Å². The zero-order valence-electron chi connectivity index (χ0n) is 17.8. The molecule has 1 aromatic carbocycles. The Morgan fingerprint density at radius 3 is 2.67 bits per heavy atom. The number of thiophene rings is 1. The quantitative estimate of drug-likeness (QED) is 0.454. The zero-order chi connectivity index (χ0) is 22.6. The second kappa shape index (κ2) is 9.62. The van der Waals surface area contributed by atoms with Crippen molar-refractivity contribution in [1.82, 2.24) is 19.9 Å². The number of nitrogens with zero attached hydrogens (tertiary/aromatic N) is 4. The smallest absolute Gasteiger partial charge is 0.272 e. The van der Waals surface area contributed by atoms with Gasteiger partial charge in [-0.05, 0) is 23.8 Å². The first-order chi connectivity index (χ1) is 16.2. The molecule has 3 aromatic heterocycles. The van der Waals surface area contributed by atoms with E-state index in [1.54, 1.807) is 28.5 Å². The van der Waals surface area contributed by atoms with Crippen LogP contribution in [-0.2, 0) is 4.74 Å². The molecule has 0 spiro atoms. The largest absolute Gasteiger partial charge is 0.394 e. The zero-order valence-corrected chi connectivity index (χ0v) is 18.7. The van der Waals surface area contributed by atoms with E-state index in [4.69, 9.17) is 4.74 Å². The number of amides is 1. The van der Waals surface area contributed by atoms with Crippen LogP contribution >= 0.6 is 11.3 Å². The number of anilines is 1. The fraction of sp³-hybridized carbons (Fsp3) is 0.250. The lowest BCUT2D eigenvalue weighted by atomic mass is 10.1. The van der Waals surface area contributed by atoms with Gasteiger partial charge in [0.05, 0.1) is 36.1 Å². The summed E-state index contributed by atoms with van der Waals surface area (Å²) >= 11 is 1.55. The van der Waals surface area contributed by atoms with Crippen molar-refractivity contribution in [1.29, 1.82) is 0 Å². The van der Waals surface area contributed by atoms with Crippen LogP contribution in [0.1, 0.15) is 22.1 Å². The van der Waals surface area contributed by atoms with E-state index in [2.05, 4.69) is 20.3 Å². The summed E-state index contributed by atoms with van der Waals surface area (Å²) in [6.07, 6.45) is 3.24. The summed E-state index contributed by atoms with van der Waals surface area (Å²) < 4.78 is 6.21. The summed E-state index contributed by atoms with van der Waals surface area (Å²) in [5, 5.41) is 13.3. The van der Waals surface area contributed by atoms with Crippen molar-refractivity contribution < 1.29 is 14.6 Å². The highest BCUT2D eigenvalue weighted by molar-refractivity contribution is 7.22. The number of aliphatic hydroxyl groups is 1. The first-order valence-corrected chi connectivity index (χ1v) is 11.5. The molecule has 5 rings (SSSR count). The second-order valence-electron chi connectivity index (χ2n) is 7.67. The van der Waals surface area contributed by atoms with Crippen molar-refractivity contribution in [2.75, 3.05) is 38.2 Å². The van der Waals surface area contributed by atoms with Crippen molar-refractivity contribution in [3.63, 3.8) is 0 Å². The highest BCUT2D eigenvalue weighted by Crippen LogP contribution is 2.36. The van der Waals surface area contributed by atoms with Gasteiger partial charge in [0.15, 0.2) is 0 Å². The summed E-state index contributed by atoms with van der Waals surface area (Å²) in [5.41, 5.74) is 3.13. The van der Waals surface area contributed by atoms with E-state index >= 15 is 0 Å². The minimum atomic E-state index is -0.276. The van der Waals surface area contributed by atoms with Crippen LogP contribution in [0.3, 0.4) is 0 Å². The molecule has 0 bridgehead atoms. The summed E-state index contributed by atoms with van der Waals surface area (Å²) in [5.74, 6) is 0.598. The molecule has 1 aliphatic rings. The van der Waals surface area contributed by atoms with Crippen LogP contribution in [0.15, 0.2) is 61.1 Å². The van der Waals surface area contributed by atoms with Crippen molar-refractivity contribution in [3.05, 3.63) is 72.3 Å². The molecular weight excluding hydrogens is 438 g/mol. The van der Waals surface area contributed by atoms with E-state index in [0.717, 1.165) is 26.2 Å². The molecule has 0 aliphatic carbocycles. The van der Waals surface area contributed by atoms with Gasteiger partial charge in [0.2, 0.25) is 0 Å². The Balaban J connectivity index is 1.39.